The minimum atomic E-state index is -3.86. The quantitative estimate of drug-likeness (QED) is 0.749. The predicted molar refractivity (Wildman–Crippen MR) is 105 cm³/mol. The molecule has 11 heteroatoms. The maximum Gasteiger partial charge on any atom is 0.292 e. The zero-order valence-electron chi connectivity index (χ0n) is 16.0. The number of benzene rings is 1. The first-order valence-corrected chi connectivity index (χ1v) is 10.8. The van der Waals surface area contributed by atoms with Crippen molar-refractivity contribution in [2.75, 3.05) is 26.2 Å². The third-order valence-electron chi connectivity index (χ3n) is 4.54. The molecule has 1 aliphatic heterocycles. The Kier molecular flexibility index (Phi) is 6.25. The Morgan fingerprint density at radius 3 is 2.28 bits per heavy atom. The average molecular weight is 441 g/mol. The monoisotopic (exact) mass is 440 g/mol. The Morgan fingerprint density at radius 1 is 1.14 bits per heavy atom. The number of piperazine rings is 1. The van der Waals surface area contributed by atoms with E-state index >= 15 is 0 Å². The molecular formula is C18H21ClN4O5S. The number of sulfonamides is 1. The van der Waals surface area contributed by atoms with E-state index in [0.717, 1.165) is 0 Å². The fourth-order valence-corrected chi connectivity index (χ4v) is 4.31. The van der Waals surface area contributed by atoms with Gasteiger partial charge in [-0.05, 0) is 38.1 Å². The molecule has 1 aromatic heterocycles. The summed E-state index contributed by atoms with van der Waals surface area (Å²) in [6.45, 7) is 4.45. The van der Waals surface area contributed by atoms with E-state index in [1.807, 2.05) is 0 Å². The van der Waals surface area contributed by atoms with Crippen molar-refractivity contribution < 1.29 is 22.5 Å². The fourth-order valence-electron chi connectivity index (χ4n) is 2.99. The zero-order chi connectivity index (χ0) is 21.2. The van der Waals surface area contributed by atoms with Crippen LogP contribution in [0.2, 0.25) is 5.02 Å². The second-order valence-electron chi connectivity index (χ2n) is 6.75. The van der Waals surface area contributed by atoms with Crippen molar-refractivity contribution in [3.8, 4) is 0 Å². The van der Waals surface area contributed by atoms with Crippen LogP contribution in [0.25, 0.3) is 0 Å². The molecule has 0 unspecified atom stereocenters. The number of carbonyl (C=O) groups is 2. The number of nitrogens with zero attached hydrogens (tertiary/aromatic N) is 3. The van der Waals surface area contributed by atoms with Gasteiger partial charge in [-0.2, -0.15) is 4.72 Å². The largest absolute Gasteiger partial charge is 0.351 e. The van der Waals surface area contributed by atoms with Crippen molar-refractivity contribution in [2.24, 2.45) is 0 Å². The van der Waals surface area contributed by atoms with Crippen molar-refractivity contribution in [3.63, 3.8) is 0 Å². The van der Waals surface area contributed by atoms with Crippen molar-refractivity contribution >= 4 is 33.4 Å². The molecule has 1 atom stereocenters. The summed E-state index contributed by atoms with van der Waals surface area (Å²) >= 11 is 5.78. The maximum atomic E-state index is 12.7. The number of halogens is 1. The second kappa shape index (κ2) is 8.52. The molecule has 3 rings (SSSR count). The van der Waals surface area contributed by atoms with E-state index in [9.17, 15) is 18.0 Å². The summed E-state index contributed by atoms with van der Waals surface area (Å²) in [6.07, 6.45) is 0. The molecule has 2 heterocycles. The summed E-state index contributed by atoms with van der Waals surface area (Å²) in [7, 11) is -3.86. The lowest BCUT2D eigenvalue weighted by Crippen LogP contribution is -2.55. The van der Waals surface area contributed by atoms with Crippen LogP contribution in [0, 0.1) is 6.92 Å². The molecule has 0 bridgehead atoms. The van der Waals surface area contributed by atoms with E-state index < -0.39 is 16.1 Å². The van der Waals surface area contributed by atoms with Gasteiger partial charge in [0.2, 0.25) is 21.7 Å². The van der Waals surface area contributed by atoms with Crippen LogP contribution in [-0.4, -0.2) is 67.4 Å². The SMILES string of the molecule is Cc1cc(C(=O)N2CCN(C(=O)[C@H](C)NS(=O)(=O)c3ccc(Cl)cc3)CC2)on1. The summed E-state index contributed by atoms with van der Waals surface area (Å²) < 4.78 is 32.3. The first-order valence-electron chi connectivity index (χ1n) is 8.96. The molecule has 2 amide bonds. The molecule has 1 fully saturated rings. The van der Waals surface area contributed by atoms with Crippen molar-refractivity contribution in [1.82, 2.24) is 19.7 Å². The highest BCUT2D eigenvalue weighted by atomic mass is 35.5. The van der Waals surface area contributed by atoms with E-state index in [4.69, 9.17) is 16.1 Å². The molecule has 156 valence electrons. The van der Waals surface area contributed by atoms with Gasteiger partial charge in [-0.3, -0.25) is 9.59 Å². The molecule has 1 aromatic carbocycles. The van der Waals surface area contributed by atoms with Crippen molar-refractivity contribution in [2.45, 2.75) is 24.8 Å². The van der Waals surface area contributed by atoms with Crippen LogP contribution in [0.5, 0.6) is 0 Å². The molecule has 0 saturated carbocycles. The summed E-state index contributed by atoms with van der Waals surface area (Å²) in [6, 6.07) is 6.29. The van der Waals surface area contributed by atoms with Gasteiger partial charge in [-0.1, -0.05) is 16.8 Å². The normalized spacial score (nSPS) is 16.0. The Bertz CT molecular complexity index is 998. The number of hydrogen-bond donors (Lipinski definition) is 1. The van der Waals surface area contributed by atoms with Crippen molar-refractivity contribution in [3.05, 3.63) is 46.8 Å². The average Bonchev–Trinajstić information content (AvgIpc) is 3.13. The third-order valence-corrected chi connectivity index (χ3v) is 6.35. The lowest BCUT2D eigenvalue weighted by Gasteiger charge is -2.35. The molecule has 1 saturated heterocycles. The summed E-state index contributed by atoms with van der Waals surface area (Å²) in [4.78, 5) is 28.2. The van der Waals surface area contributed by atoms with E-state index in [1.165, 1.54) is 36.1 Å². The summed E-state index contributed by atoms with van der Waals surface area (Å²) in [5, 5.41) is 4.12. The Balaban J connectivity index is 1.57. The first-order chi connectivity index (χ1) is 13.7. The van der Waals surface area contributed by atoms with Gasteiger partial charge in [0.05, 0.1) is 16.6 Å². The highest BCUT2D eigenvalue weighted by Crippen LogP contribution is 2.15. The van der Waals surface area contributed by atoms with Gasteiger partial charge >= 0.3 is 0 Å². The molecule has 1 N–H and O–H groups in total. The molecule has 0 aliphatic carbocycles. The number of carbonyl (C=O) groups excluding carboxylic acids is 2. The Labute approximate surface area is 173 Å². The van der Waals surface area contributed by atoms with Crippen LogP contribution in [0.3, 0.4) is 0 Å². The topological polar surface area (TPSA) is 113 Å². The van der Waals surface area contributed by atoms with Gasteiger partial charge in [0.1, 0.15) is 0 Å². The molecule has 1 aliphatic rings. The van der Waals surface area contributed by atoms with E-state index in [1.54, 1.807) is 17.9 Å². The van der Waals surface area contributed by atoms with Crippen molar-refractivity contribution in [1.29, 1.82) is 0 Å². The maximum absolute atomic E-state index is 12.7. The number of aromatic nitrogens is 1. The molecular weight excluding hydrogens is 420 g/mol. The van der Waals surface area contributed by atoms with Gasteiger partial charge in [0.15, 0.2) is 0 Å². The molecule has 2 aromatic rings. The number of aryl methyl sites for hydroxylation is 1. The van der Waals surface area contributed by atoms with Crippen LogP contribution >= 0.6 is 11.6 Å². The standard InChI is InChI=1S/C18H21ClN4O5S/c1-12-11-16(28-20-12)18(25)23-9-7-22(8-10-23)17(24)13(2)21-29(26,27)15-5-3-14(19)4-6-15/h3-6,11,13,21H,7-10H2,1-2H3/t13-/m0/s1. The zero-order valence-corrected chi connectivity index (χ0v) is 17.5. The second-order valence-corrected chi connectivity index (χ2v) is 8.90. The summed E-state index contributed by atoms with van der Waals surface area (Å²) in [5.74, 6) is -0.481. The smallest absolute Gasteiger partial charge is 0.292 e. The van der Waals surface area contributed by atoms with E-state index in [-0.39, 0.29) is 22.5 Å². The molecule has 0 radical (unpaired) electrons. The highest BCUT2D eigenvalue weighted by Gasteiger charge is 2.30. The minimum Gasteiger partial charge on any atom is -0.351 e. The van der Waals surface area contributed by atoms with E-state index in [0.29, 0.717) is 36.9 Å². The molecule has 9 nitrogen and oxygen atoms in total. The lowest BCUT2D eigenvalue weighted by atomic mass is 10.2. The van der Waals surface area contributed by atoms with Gasteiger partial charge < -0.3 is 14.3 Å². The Hall–Kier alpha value is -2.43. The number of nitrogens with one attached hydrogen (secondary N) is 1. The van der Waals surface area contributed by atoms with Gasteiger partial charge in [0.25, 0.3) is 5.91 Å². The van der Waals surface area contributed by atoms with Gasteiger partial charge in [-0.15, -0.1) is 0 Å². The first kappa shape index (κ1) is 21.3. The van der Waals surface area contributed by atoms with Crippen LogP contribution in [-0.2, 0) is 14.8 Å². The molecule has 0 spiro atoms. The Morgan fingerprint density at radius 2 is 1.72 bits per heavy atom. The molecule has 29 heavy (non-hydrogen) atoms. The fraction of sp³-hybridized carbons (Fsp3) is 0.389. The van der Waals surface area contributed by atoms with Crippen LogP contribution in [0.1, 0.15) is 23.2 Å². The number of hydrogen-bond acceptors (Lipinski definition) is 6. The lowest BCUT2D eigenvalue weighted by molar-refractivity contribution is -0.134. The van der Waals surface area contributed by atoms with Gasteiger partial charge in [-0.25, -0.2) is 8.42 Å². The number of amides is 2. The third kappa shape index (κ3) is 4.95. The number of rotatable bonds is 5. The predicted octanol–water partition coefficient (Wildman–Crippen LogP) is 1.29. The summed E-state index contributed by atoms with van der Waals surface area (Å²) in [5.41, 5.74) is 0.615. The van der Waals surface area contributed by atoms with Crippen LogP contribution in [0.15, 0.2) is 39.8 Å². The minimum absolute atomic E-state index is 0.0271. The van der Waals surface area contributed by atoms with Gasteiger partial charge in [0, 0.05) is 37.3 Å². The van der Waals surface area contributed by atoms with Crippen LogP contribution in [0.4, 0.5) is 0 Å². The van der Waals surface area contributed by atoms with E-state index in [2.05, 4.69) is 9.88 Å². The highest BCUT2D eigenvalue weighted by molar-refractivity contribution is 7.89. The van der Waals surface area contributed by atoms with Crippen LogP contribution < -0.4 is 4.72 Å².